The molecule has 0 atom stereocenters. The number of thioether (sulfide) groups is 1. The van der Waals surface area contributed by atoms with Crippen LogP contribution in [0.5, 0.6) is 0 Å². The fraction of sp³-hybridized carbons (Fsp3) is 0.818. The summed E-state index contributed by atoms with van der Waals surface area (Å²) in [6.07, 6.45) is 3.43. The molecular formula is C11H19NO3S. The lowest BCUT2D eigenvalue weighted by Crippen LogP contribution is -2.36. The Kier molecular flexibility index (Phi) is 6.30. The molecule has 16 heavy (non-hydrogen) atoms. The molecule has 1 rings (SSSR count). The fourth-order valence-electron chi connectivity index (χ4n) is 1.66. The first kappa shape index (κ1) is 13.4. The molecule has 1 aliphatic heterocycles. The van der Waals surface area contributed by atoms with E-state index in [9.17, 15) is 9.59 Å². The smallest absolute Gasteiger partial charge is 0.315 e. The van der Waals surface area contributed by atoms with Crippen molar-refractivity contribution in [2.24, 2.45) is 0 Å². The molecule has 1 fully saturated rings. The van der Waals surface area contributed by atoms with Crippen LogP contribution in [0.3, 0.4) is 0 Å². The third-order valence-electron chi connectivity index (χ3n) is 2.46. The summed E-state index contributed by atoms with van der Waals surface area (Å²) >= 11 is 1.34. The molecule has 5 heteroatoms. The topological polar surface area (TPSA) is 46.6 Å². The molecule has 4 nitrogen and oxygen atoms in total. The van der Waals surface area contributed by atoms with Crippen LogP contribution >= 0.6 is 11.8 Å². The number of rotatable bonds is 5. The minimum absolute atomic E-state index is 0.147. The van der Waals surface area contributed by atoms with E-state index in [-0.39, 0.29) is 17.6 Å². The maximum atomic E-state index is 11.7. The number of esters is 1. The average molecular weight is 245 g/mol. The van der Waals surface area contributed by atoms with Crippen LogP contribution in [0.4, 0.5) is 0 Å². The summed E-state index contributed by atoms with van der Waals surface area (Å²) in [7, 11) is 0. The predicted molar refractivity (Wildman–Crippen MR) is 64.4 cm³/mol. The van der Waals surface area contributed by atoms with Gasteiger partial charge in [-0.25, -0.2) is 0 Å². The molecule has 0 aromatic rings. The second-order valence-electron chi connectivity index (χ2n) is 3.74. The summed E-state index contributed by atoms with van der Waals surface area (Å²) in [5.74, 6) is 0.569. The van der Waals surface area contributed by atoms with Crippen molar-refractivity contribution < 1.29 is 14.3 Å². The molecule has 1 heterocycles. The van der Waals surface area contributed by atoms with E-state index in [1.54, 1.807) is 6.92 Å². The molecule has 0 aromatic heterocycles. The lowest BCUT2D eigenvalue weighted by molar-refractivity contribution is -0.139. The van der Waals surface area contributed by atoms with Crippen molar-refractivity contribution in [2.45, 2.75) is 26.2 Å². The van der Waals surface area contributed by atoms with Crippen molar-refractivity contribution in [3.8, 4) is 0 Å². The number of nitrogens with zero attached hydrogens (tertiary/aromatic N) is 1. The zero-order valence-corrected chi connectivity index (χ0v) is 10.6. The van der Waals surface area contributed by atoms with Crippen molar-refractivity contribution in [1.29, 1.82) is 0 Å². The highest BCUT2D eigenvalue weighted by Gasteiger charge is 2.16. The Morgan fingerprint density at radius 1 is 1.19 bits per heavy atom. The molecule has 0 aromatic carbocycles. The number of hydrogen-bond donors (Lipinski definition) is 0. The molecule has 1 aliphatic rings. The normalized spacial score (nSPS) is 15.9. The summed E-state index contributed by atoms with van der Waals surface area (Å²) in [6.45, 7) is 3.93. The third kappa shape index (κ3) is 4.88. The Morgan fingerprint density at radius 2 is 1.88 bits per heavy atom. The molecule has 0 N–H and O–H groups in total. The van der Waals surface area contributed by atoms with E-state index in [0.717, 1.165) is 25.9 Å². The van der Waals surface area contributed by atoms with Crippen molar-refractivity contribution in [3.63, 3.8) is 0 Å². The van der Waals surface area contributed by atoms with Crippen LogP contribution in [0, 0.1) is 0 Å². The summed E-state index contributed by atoms with van der Waals surface area (Å²) < 4.78 is 4.78. The summed E-state index contributed by atoms with van der Waals surface area (Å²) in [6, 6.07) is 0. The largest absolute Gasteiger partial charge is 0.465 e. The first-order chi connectivity index (χ1) is 7.74. The van der Waals surface area contributed by atoms with Gasteiger partial charge in [0.2, 0.25) is 5.91 Å². The van der Waals surface area contributed by atoms with E-state index in [4.69, 9.17) is 4.74 Å². The SMILES string of the molecule is CCOC(=O)CSCC(=O)N1CCCCC1. The van der Waals surface area contributed by atoms with E-state index in [1.807, 2.05) is 4.90 Å². The minimum Gasteiger partial charge on any atom is -0.465 e. The Hall–Kier alpha value is -0.710. The second-order valence-corrected chi connectivity index (χ2v) is 4.72. The maximum absolute atomic E-state index is 11.7. The van der Waals surface area contributed by atoms with Gasteiger partial charge >= 0.3 is 5.97 Å². The van der Waals surface area contributed by atoms with Crippen molar-refractivity contribution >= 4 is 23.6 Å². The monoisotopic (exact) mass is 245 g/mol. The third-order valence-corrected chi connectivity index (χ3v) is 3.35. The Bertz CT molecular complexity index is 239. The van der Waals surface area contributed by atoms with Crippen molar-refractivity contribution in [2.75, 3.05) is 31.2 Å². The molecule has 0 bridgehead atoms. The van der Waals surface area contributed by atoms with Crippen LogP contribution < -0.4 is 0 Å². The number of ether oxygens (including phenoxy) is 1. The zero-order chi connectivity index (χ0) is 11.8. The maximum Gasteiger partial charge on any atom is 0.315 e. The van der Waals surface area contributed by atoms with Crippen LogP contribution in [-0.4, -0.2) is 48.0 Å². The lowest BCUT2D eigenvalue weighted by atomic mass is 10.1. The number of likely N-dealkylation sites (tertiary alicyclic amines) is 1. The van der Waals surface area contributed by atoms with Gasteiger partial charge in [-0.2, -0.15) is 0 Å². The first-order valence-electron chi connectivity index (χ1n) is 5.75. The van der Waals surface area contributed by atoms with Crippen molar-refractivity contribution in [3.05, 3.63) is 0 Å². The number of hydrogen-bond acceptors (Lipinski definition) is 4. The van der Waals surface area contributed by atoms with Crippen LogP contribution in [0.25, 0.3) is 0 Å². The van der Waals surface area contributed by atoms with E-state index in [2.05, 4.69) is 0 Å². The Labute approximate surface area is 101 Å². The Morgan fingerprint density at radius 3 is 2.50 bits per heavy atom. The van der Waals surface area contributed by atoms with Crippen LogP contribution in [0.2, 0.25) is 0 Å². The van der Waals surface area contributed by atoms with Gasteiger partial charge in [0.15, 0.2) is 0 Å². The molecule has 1 amide bonds. The van der Waals surface area contributed by atoms with Crippen LogP contribution in [0.1, 0.15) is 26.2 Å². The average Bonchev–Trinajstić information content (AvgIpc) is 2.30. The van der Waals surface area contributed by atoms with E-state index in [1.165, 1.54) is 18.2 Å². The van der Waals surface area contributed by atoms with Gasteiger partial charge in [0.05, 0.1) is 18.1 Å². The summed E-state index contributed by atoms with van der Waals surface area (Å²) in [4.78, 5) is 24.6. The highest BCUT2D eigenvalue weighted by atomic mass is 32.2. The van der Waals surface area contributed by atoms with Gasteiger partial charge in [-0.3, -0.25) is 9.59 Å². The van der Waals surface area contributed by atoms with Gasteiger partial charge in [0, 0.05) is 13.1 Å². The van der Waals surface area contributed by atoms with E-state index < -0.39 is 0 Å². The minimum atomic E-state index is -0.237. The molecule has 0 radical (unpaired) electrons. The van der Waals surface area contributed by atoms with Gasteiger partial charge in [0.1, 0.15) is 0 Å². The Balaban J connectivity index is 2.12. The zero-order valence-electron chi connectivity index (χ0n) is 9.74. The number of amides is 1. The van der Waals surface area contributed by atoms with Crippen LogP contribution in [-0.2, 0) is 14.3 Å². The van der Waals surface area contributed by atoms with Gasteiger partial charge < -0.3 is 9.64 Å². The first-order valence-corrected chi connectivity index (χ1v) is 6.90. The number of carbonyl (C=O) groups excluding carboxylic acids is 2. The number of carbonyl (C=O) groups is 2. The molecule has 0 saturated carbocycles. The quantitative estimate of drug-likeness (QED) is 0.685. The lowest BCUT2D eigenvalue weighted by Gasteiger charge is -2.26. The molecular weight excluding hydrogens is 226 g/mol. The second kappa shape index (κ2) is 7.54. The molecule has 0 aliphatic carbocycles. The predicted octanol–water partition coefficient (Wildman–Crippen LogP) is 1.30. The molecule has 92 valence electrons. The summed E-state index contributed by atoms with van der Waals surface area (Å²) in [5.41, 5.74) is 0. The van der Waals surface area contributed by atoms with Gasteiger partial charge in [-0.15, -0.1) is 11.8 Å². The number of piperidine rings is 1. The van der Waals surface area contributed by atoms with Gasteiger partial charge in [-0.1, -0.05) is 0 Å². The van der Waals surface area contributed by atoms with Gasteiger partial charge in [-0.05, 0) is 26.2 Å². The van der Waals surface area contributed by atoms with Crippen LogP contribution in [0.15, 0.2) is 0 Å². The molecule has 0 unspecified atom stereocenters. The van der Waals surface area contributed by atoms with E-state index >= 15 is 0 Å². The van der Waals surface area contributed by atoms with Gasteiger partial charge in [0.25, 0.3) is 0 Å². The highest BCUT2D eigenvalue weighted by molar-refractivity contribution is 8.00. The fourth-order valence-corrected chi connectivity index (χ4v) is 2.37. The van der Waals surface area contributed by atoms with E-state index in [0.29, 0.717) is 12.4 Å². The standard InChI is InChI=1S/C11H19NO3S/c1-2-15-11(14)9-16-8-10(13)12-6-4-3-5-7-12/h2-9H2,1H3. The molecule has 0 spiro atoms. The molecule has 1 saturated heterocycles. The highest BCUT2D eigenvalue weighted by Crippen LogP contribution is 2.11. The summed E-state index contributed by atoms with van der Waals surface area (Å²) in [5, 5.41) is 0. The van der Waals surface area contributed by atoms with Crippen molar-refractivity contribution in [1.82, 2.24) is 4.90 Å².